The van der Waals surface area contributed by atoms with Gasteiger partial charge in [-0.2, -0.15) is 0 Å². The van der Waals surface area contributed by atoms with E-state index in [0.717, 1.165) is 25.7 Å². The summed E-state index contributed by atoms with van der Waals surface area (Å²) in [5, 5.41) is 3.61. The number of halogens is 2. The molecule has 6 nitrogen and oxygen atoms in total. The molecule has 2 heterocycles. The van der Waals surface area contributed by atoms with Gasteiger partial charge in [0.2, 0.25) is 5.28 Å². The maximum atomic E-state index is 12.6. The van der Waals surface area contributed by atoms with Crippen LogP contribution in [0.1, 0.15) is 32.6 Å². The lowest BCUT2D eigenvalue weighted by Crippen LogP contribution is -2.52. The zero-order valence-corrected chi connectivity index (χ0v) is 17.3. The highest BCUT2D eigenvalue weighted by atomic mass is 79.9. The number of furan rings is 1. The second kappa shape index (κ2) is 7.80. The topological polar surface area (TPSA) is 77.2 Å². The van der Waals surface area contributed by atoms with Crippen molar-refractivity contribution < 1.29 is 13.9 Å². The van der Waals surface area contributed by atoms with Crippen LogP contribution in [0.5, 0.6) is 0 Å². The van der Waals surface area contributed by atoms with E-state index in [2.05, 4.69) is 31.2 Å². The molecule has 3 aliphatic carbocycles. The number of carbonyl (C=O) groups is 1. The summed E-state index contributed by atoms with van der Waals surface area (Å²) in [7, 11) is 0. The molecule has 1 N–H and O–H groups in total. The highest BCUT2D eigenvalue weighted by Gasteiger charge is 2.48. The molecule has 0 radical (unpaired) electrons. The van der Waals surface area contributed by atoms with E-state index in [1.807, 2.05) is 19.1 Å². The number of hydrogen-bond donors (Lipinski definition) is 1. The van der Waals surface area contributed by atoms with Crippen molar-refractivity contribution in [3.05, 3.63) is 28.2 Å². The molecule has 3 aliphatic rings. The van der Waals surface area contributed by atoms with Gasteiger partial charge in [0.1, 0.15) is 11.5 Å². The van der Waals surface area contributed by atoms with E-state index < -0.39 is 0 Å². The van der Waals surface area contributed by atoms with Crippen LogP contribution in [0.3, 0.4) is 0 Å². The van der Waals surface area contributed by atoms with Gasteiger partial charge in [0.05, 0.1) is 12.5 Å². The van der Waals surface area contributed by atoms with Gasteiger partial charge in [-0.3, -0.25) is 4.79 Å². The maximum Gasteiger partial charge on any atom is 0.311 e. The van der Waals surface area contributed by atoms with E-state index in [0.29, 0.717) is 40.4 Å². The number of carbonyl (C=O) groups excluding carboxylic acids is 1. The Morgan fingerprint density at radius 3 is 2.70 bits per heavy atom. The van der Waals surface area contributed by atoms with Crippen molar-refractivity contribution in [3.8, 4) is 11.5 Å². The Morgan fingerprint density at radius 2 is 2.04 bits per heavy atom. The molecule has 0 unspecified atom stereocenters. The predicted octanol–water partition coefficient (Wildman–Crippen LogP) is 4.93. The number of fused-ring (bicyclic) bond motifs is 3. The lowest BCUT2D eigenvalue weighted by Gasteiger charge is -2.47. The van der Waals surface area contributed by atoms with Crippen LogP contribution >= 0.6 is 27.5 Å². The average Bonchev–Trinajstić information content (AvgIpc) is 3.09. The quantitative estimate of drug-likeness (QED) is 0.510. The number of aromatic nitrogens is 2. The third kappa shape index (κ3) is 3.85. The number of ether oxygens (including phenoxy) is 1. The van der Waals surface area contributed by atoms with Crippen LogP contribution < -0.4 is 5.32 Å². The summed E-state index contributed by atoms with van der Waals surface area (Å²) in [6.07, 6.45) is 4.41. The van der Waals surface area contributed by atoms with Crippen molar-refractivity contribution in [3.63, 3.8) is 0 Å². The molecule has 3 fully saturated rings. The van der Waals surface area contributed by atoms with Crippen molar-refractivity contribution in [2.45, 2.75) is 38.6 Å². The first-order valence-corrected chi connectivity index (χ1v) is 10.5. The van der Waals surface area contributed by atoms with E-state index in [-0.39, 0.29) is 23.2 Å². The minimum atomic E-state index is -0.146. The van der Waals surface area contributed by atoms with Crippen LogP contribution in [0.15, 0.2) is 27.3 Å². The highest BCUT2D eigenvalue weighted by molar-refractivity contribution is 9.10. The monoisotopic (exact) mass is 453 g/mol. The second-order valence-corrected chi connectivity index (χ2v) is 8.25. The Kier molecular flexibility index (Phi) is 5.41. The molecule has 3 saturated carbocycles. The summed E-state index contributed by atoms with van der Waals surface area (Å²) in [6, 6.07) is 5.42. The van der Waals surface area contributed by atoms with Gasteiger partial charge in [-0.05, 0) is 84.1 Å². The van der Waals surface area contributed by atoms with Crippen molar-refractivity contribution in [1.29, 1.82) is 0 Å². The van der Waals surface area contributed by atoms with Gasteiger partial charge >= 0.3 is 5.97 Å². The first-order valence-electron chi connectivity index (χ1n) is 9.28. The van der Waals surface area contributed by atoms with E-state index in [1.165, 1.54) is 0 Å². The SMILES string of the molecule is CCOC(=O)[C@H]1C2CCC(CC2)[C@@H]1Nc1cc(-c2ccc(Br)o2)nc(Cl)n1. The van der Waals surface area contributed by atoms with E-state index in [1.54, 1.807) is 6.07 Å². The normalized spacial score (nSPS) is 26.8. The third-order valence-corrected chi connectivity index (χ3v) is 6.21. The second-order valence-electron chi connectivity index (χ2n) is 7.13. The molecule has 0 aliphatic heterocycles. The number of anilines is 1. The molecule has 27 heavy (non-hydrogen) atoms. The summed E-state index contributed by atoms with van der Waals surface area (Å²) in [4.78, 5) is 21.2. The molecule has 0 saturated heterocycles. The van der Waals surface area contributed by atoms with Gasteiger partial charge in [-0.1, -0.05) is 0 Å². The molecule has 2 aromatic rings. The fourth-order valence-corrected chi connectivity index (χ4v) is 4.96. The number of nitrogens with zero attached hydrogens (tertiary/aromatic N) is 2. The molecular formula is C19H21BrClN3O3. The zero-order valence-electron chi connectivity index (χ0n) is 15.0. The standard InChI is InChI=1S/C19H21BrClN3O3/c1-2-26-18(25)16-10-3-5-11(6-4-10)17(16)23-15-9-12(22-19(21)24-15)13-7-8-14(20)27-13/h7-11,16-17H,2-6H2,1H3,(H,22,23,24)/t10?,11?,16-,17-/m0/s1. The van der Waals surface area contributed by atoms with Crippen LogP contribution in [-0.2, 0) is 9.53 Å². The van der Waals surface area contributed by atoms with E-state index in [9.17, 15) is 4.79 Å². The smallest absolute Gasteiger partial charge is 0.311 e. The molecule has 2 bridgehead atoms. The summed E-state index contributed by atoms with van der Waals surface area (Å²) < 4.78 is 11.6. The minimum absolute atomic E-state index is 0.00120. The van der Waals surface area contributed by atoms with Gasteiger partial charge in [0.25, 0.3) is 0 Å². The van der Waals surface area contributed by atoms with E-state index in [4.69, 9.17) is 20.8 Å². The van der Waals surface area contributed by atoms with Crippen LogP contribution in [0.25, 0.3) is 11.5 Å². The van der Waals surface area contributed by atoms with Crippen LogP contribution in [0, 0.1) is 17.8 Å². The van der Waals surface area contributed by atoms with Crippen molar-refractivity contribution >= 4 is 39.3 Å². The Labute approximate surface area is 171 Å². The van der Waals surface area contributed by atoms with Crippen molar-refractivity contribution in [1.82, 2.24) is 9.97 Å². The third-order valence-electron chi connectivity index (χ3n) is 5.62. The Bertz CT molecular complexity index is 835. The molecular weight excluding hydrogens is 434 g/mol. The molecule has 0 spiro atoms. The fourth-order valence-electron chi connectivity index (χ4n) is 4.48. The summed E-state index contributed by atoms with van der Waals surface area (Å²) in [5.74, 6) is 1.74. The Morgan fingerprint density at radius 1 is 1.30 bits per heavy atom. The van der Waals surface area contributed by atoms with Gasteiger partial charge in [-0.25, -0.2) is 9.97 Å². The number of nitrogens with one attached hydrogen (secondary N) is 1. The van der Waals surface area contributed by atoms with Gasteiger partial charge in [0, 0.05) is 12.1 Å². The van der Waals surface area contributed by atoms with E-state index >= 15 is 0 Å². The first kappa shape index (κ1) is 18.7. The van der Waals surface area contributed by atoms with Crippen molar-refractivity contribution in [2.75, 3.05) is 11.9 Å². The molecule has 5 rings (SSSR count). The molecule has 8 heteroatoms. The fraction of sp³-hybridized carbons (Fsp3) is 0.526. The Hall–Kier alpha value is -1.60. The number of rotatable bonds is 5. The van der Waals surface area contributed by atoms with Crippen molar-refractivity contribution in [2.24, 2.45) is 17.8 Å². The maximum absolute atomic E-state index is 12.6. The van der Waals surface area contributed by atoms with Crippen LogP contribution in [0.2, 0.25) is 5.28 Å². The molecule has 2 atom stereocenters. The largest absolute Gasteiger partial charge is 0.466 e. The minimum Gasteiger partial charge on any atom is -0.466 e. The summed E-state index contributed by atoms with van der Waals surface area (Å²) in [5.41, 5.74) is 0.594. The Balaban J connectivity index is 1.62. The van der Waals surface area contributed by atoms with Gasteiger partial charge < -0.3 is 14.5 Å². The average molecular weight is 455 g/mol. The molecule has 144 valence electrons. The molecule has 0 amide bonds. The van der Waals surface area contributed by atoms with Gasteiger partial charge in [0.15, 0.2) is 10.4 Å². The van der Waals surface area contributed by atoms with Crippen LogP contribution in [-0.4, -0.2) is 28.6 Å². The molecule has 2 aromatic heterocycles. The number of esters is 1. The summed E-state index contributed by atoms with van der Waals surface area (Å²) >= 11 is 9.44. The van der Waals surface area contributed by atoms with Gasteiger partial charge in [-0.15, -0.1) is 0 Å². The zero-order chi connectivity index (χ0) is 19.0. The predicted molar refractivity (Wildman–Crippen MR) is 105 cm³/mol. The lowest BCUT2D eigenvalue weighted by atomic mass is 9.61. The van der Waals surface area contributed by atoms with Crippen LogP contribution in [0.4, 0.5) is 5.82 Å². The first-order chi connectivity index (χ1) is 13.0. The number of hydrogen-bond acceptors (Lipinski definition) is 6. The highest BCUT2D eigenvalue weighted by Crippen LogP contribution is 2.46. The summed E-state index contributed by atoms with van der Waals surface area (Å²) in [6.45, 7) is 2.25. The lowest BCUT2D eigenvalue weighted by molar-refractivity contribution is -0.154. The molecule has 0 aromatic carbocycles.